The molecule has 0 bridgehead atoms. The number of hydrogen-bond donors (Lipinski definition) is 1. The molecule has 1 aliphatic carbocycles. The monoisotopic (exact) mass is 491 g/mol. The molecule has 0 saturated carbocycles. The number of benzene rings is 1. The fourth-order valence-electron chi connectivity index (χ4n) is 7.07. The van der Waals surface area contributed by atoms with E-state index in [2.05, 4.69) is 15.9 Å². The minimum absolute atomic E-state index is 0.221. The second-order valence-electron chi connectivity index (χ2n) is 11.2. The van der Waals surface area contributed by atoms with Crippen molar-refractivity contribution in [1.29, 1.82) is 5.26 Å². The highest BCUT2D eigenvalue weighted by Crippen LogP contribution is 2.48. The van der Waals surface area contributed by atoms with Crippen molar-refractivity contribution in [2.75, 3.05) is 44.4 Å². The molecule has 3 atom stereocenters. The van der Waals surface area contributed by atoms with Crippen molar-refractivity contribution in [2.45, 2.75) is 68.9 Å². The van der Waals surface area contributed by atoms with E-state index in [0.29, 0.717) is 49.7 Å². The predicted molar refractivity (Wildman–Crippen MR) is 136 cm³/mol. The molecule has 1 spiro atoms. The number of fused-ring (bicyclic) bond motifs is 4. The summed E-state index contributed by atoms with van der Waals surface area (Å²) in [7, 11) is 4.02. The quantitative estimate of drug-likeness (QED) is 0.650. The predicted octanol–water partition coefficient (Wildman–Crippen LogP) is 3.86. The third-order valence-corrected chi connectivity index (χ3v) is 8.76. The van der Waals surface area contributed by atoms with Gasteiger partial charge in [-0.3, -0.25) is 4.90 Å². The van der Waals surface area contributed by atoms with Crippen LogP contribution in [0.4, 0.5) is 15.8 Å². The van der Waals surface area contributed by atoms with Crippen LogP contribution in [0, 0.1) is 11.3 Å². The van der Waals surface area contributed by atoms with Gasteiger partial charge in [0.1, 0.15) is 24.4 Å². The maximum absolute atomic E-state index is 14.3. The van der Waals surface area contributed by atoms with Crippen LogP contribution < -0.4 is 15.4 Å². The molecule has 4 heterocycles. The number of ether oxygens (including phenoxy) is 2. The van der Waals surface area contributed by atoms with E-state index in [1.165, 1.54) is 0 Å². The Hall–Kier alpha value is -2.89. The standard InChI is InChI=1S/C28H34FN5O2/c1-33(2)24-11-25(35-17-27-8-4-10-34(27)15-19(29)12-27)32-23-13-28(36-16-21(23)24)9-3-5-18-6-7-22(31)20(14-30)26(18)28/h6-7,11,19H,3-5,8-10,12-13,15-17,31H2,1-2H3. The Morgan fingerprint density at radius 2 is 2.19 bits per heavy atom. The first-order chi connectivity index (χ1) is 17.3. The normalized spacial score (nSPS) is 28.9. The lowest BCUT2D eigenvalue weighted by atomic mass is 9.72. The zero-order chi connectivity index (χ0) is 25.1. The van der Waals surface area contributed by atoms with Crippen LogP contribution in [0.5, 0.6) is 5.88 Å². The van der Waals surface area contributed by atoms with E-state index in [9.17, 15) is 9.65 Å². The van der Waals surface area contributed by atoms with Gasteiger partial charge in [-0.2, -0.15) is 5.26 Å². The Bertz CT molecular complexity index is 1240. The first-order valence-electron chi connectivity index (χ1n) is 13.0. The van der Waals surface area contributed by atoms with E-state index in [4.69, 9.17) is 20.2 Å². The molecule has 7 nitrogen and oxygen atoms in total. The molecule has 1 aromatic carbocycles. The molecule has 2 fully saturated rings. The van der Waals surface area contributed by atoms with Crippen LogP contribution in [0.3, 0.4) is 0 Å². The molecule has 1 aromatic heterocycles. The number of alkyl halides is 1. The average Bonchev–Trinajstić information content (AvgIpc) is 3.38. The van der Waals surface area contributed by atoms with Crippen molar-refractivity contribution in [3.8, 4) is 11.9 Å². The van der Waals surface area contributed by atoms with Crippen LogP contribution in [0.25, 0.3) is 0 Å². The number of halogens is 1. The van der Waals surface area contributed by atoms with Gasteiger partial charge in [0.15, 0.2) is 0 Å². The number of nitrogens with two attached hydrogens (primary N) is 1. The van der Waals surface area contributed by atoms with Gasteiger partial charge in [-0.25, -0.2) is 9.37 Å². The lowest BCUT2D eigenvalue weighted by Gasteiger charge is -2.43. The van der Waals surface area contributed by atoms with Gasteiger partial charge in [0.2, 0.25) is 5.88 Å². The molecule has 6 rings (SSSR count). The highest BCUT2D eigenvalue weighted by atomic mass is 19.1. The molecule has 190 valence electrons. The van der Waals surface area contributed by atoms with Gasteiger partial charge in [-0.05, 0) is 50.3 Å². The third-order valence-electron chi connectivity index (χ3n) is 8.76. The van der Waals surface area contributed by atoms with Crippen LogP contribution in [-0.4, -0.2) is 55.4 Å². The first-order valence-corrected chi connectivity index (χ1v) is 13.0. The van der Waals surface area contributed by atoms with Crippen LogP contribution in [0.1, 0.15) is 60.1 Å². The van der Waals surface area contributed by atoms with E-state index in [1.807, 2.05) is 32.3 Å². The number of nitriles is 1. The molecule has 2 N–H and O–H groups in total. The number of pyridine rings is 1. The summed E-state index contributed by atoms with van der Waals surface area (Å²) >= 11 is 0. The summed E-state index contributed by atoms with van der Waals surface area (Å²) in [6.07, 6.45) is 5.07. The van der Waals surface area contributed by atoms with Crippen LogP contribution in [0.2, 0.25) is 0 Å². The molecule has 3 aliphatic heterocycles. The zero-order valence-corrected chi connectivity index (χ0v) is 21.1. The van der Waals surface area contributed by atoms with Gasteiger partial charge in [0.25, 0.3) is 0 Å². The summed E-state index contributed by atoms with van der Waals surface area (Å²) in [5.74, 6) is 0.571. The largest absolute Gasteiger partial charge is 0.476 e. The summed E-state index contributed by atoms with van der Waals surface area (Å²) in [5, 5.41) is 9.95. The average molecular weight is 492 g/mol. The number of rotatable bonds is 4. The van der Waals surface area contributed by atoms with Crippen molar-refractivity contribution in [2.24, 2.45) is 0 Å². The topological polar surface area (TPSA) is 87.6 Å². The molecule has 8 heteroatoms. The molecule has 2 aromatic rings. The third kappa shape index (κ3) is 3.63. The smallest absolute Gasteiger partial charge is 0.215 e. The van der Waals surface area contributed by atoms with Gasteiger partial charge < -0.3 is 20.1 Å². The van der Waals surface area contributed by atoms with Gasteiger partial charge >= 0.3 is 0 Å². The highest BCUT2D eigenvalue weighted by Gasteiger charge is 2.49. The molecule has 4 aliphatic rings. The Labute approximate surface area is 212 Å². The number of aryl methyl sites for hydroxylation is 1. The first kappa shape index (κ1) is 23.5. The van der Waals surface area contributed by atoms with Crippen molar-refractivity contribution < 1.29 is 13.9 Å². The minimum atomic E-state index is -0.784. The Morgan fingerprint density at radius 3 is 3.00 bits per heavy atom. The summed E-state index contributed by atoms with van der Waals surface area (Å²) < 4.78 is 27.2. The number of nitrogen functional groups attached to an aromatic ring is 1. The van der Waals surface area contributed by atoms with E-state index in [1.54, 1.807) is 0 Å². The Balaban J connectivity index is 1.36. The summed E-state index contributed by atoms with van der Waals surface area (Å²) in [5.41, 5.74) is 11.5. The number of hydrogen-bond acceptors (Lipinski definition) is 7. The van der Waals surface area contributed by atoms with Gasteiger partial charge in [-0.15, -0.1) is 0 Å². The molecular formula is C28H34FN5O2. The van der Waals surface area contributed by atoms with Crippen LogP contribution >= 0.6 is 0 Å². The van der Waals surface area contributed by atoms with Crippen molar-refractivity contribution in [3.05, 3.63) is 46.1 Å². The van der Waals surface area contributed by atoms with Crippen LogP contribution in [-0.2, 0) is 29.8 Å². The minimum Gasteiger partial charge on any atom is -0.476 e. The van der Waals surface area contributed by atoms with E-state index >= 15 is 0 Å². The summed E-state index contributed by atoms with van der Waals surface area (Å²) in [6, 6.07) is 8.19. The molecule has 0 radical (unpaired) electrons. The molecular weight excluding hydrogens is 457 g/mol. The Kier molecular flexibility index (Phi) is 5.62. The fraction of sp³-hybridized carbons (Fsp3) is 0.571. The Morgan fingerprint density at radius 1 is 1.33 bits per heavy atom. The van der Waals surface area contributed by atoms with Gasteiger partial charge in [-0.1, -0.05) is 6.07 Å². The lowest BCUT2D eigenvalue weighted by Crippen LogP contribution is -2.43. The second kappa shape index (κ2) is 8.60. The maximum atomic E-state index is 14.3. The van der Waals surface area contributed by atoms with Gasteiger partial charge in [0.05, 0.1) is 23.4 Å². The second-order valence-corrected chi connectivity index (χ2v) is 11.2. The van der Waals surface area contributed by atoms with E-state index in [-0.39, 0.29) is 5.54 Å². The van der Waals surface area contributed by atoms with Crippen molar-refractivity contribution >= 4 is 11.4 Å². The number of aromatic nitrogens is 1. The van der Waals surface area contributed by atoms with E-state index in [0.717, 1.165) is 66.7 Å². The summed E-state index contributed by atoms with van der Waals surface area (Å²) in [4.78, 5) is 9.32. The molecule has 2 saturated heterocycles. The summed E-state index contributed by atoms with van der Waals surface area (Å²) in [6.45, 7) is 2.31. The highest BCUT2D eigenvalue weighted by molar-refractivity contribution is 5.64. The number of anilines is 2. The van der Waals surface area contributed by atoms with Crippen molar-refractivity contribution in [3.63, 3.8) is 0 Å². The zero-order valence-electron chi connectivity index (χ0n) is 21.1. The number of nitrogens with zero attached hydrogens (tertiary/aromatic N) is 4. The van der Waals surface area contributed by atoms with Crippen molar-refractivity contribution in [1.82, 2.24) is 9.88 Å². The molecule has 36 heavy (non-hydrogen) atoms. The fourth-order valence-corrected chi connectivity index (χ4v) is 7.07. The maximum Gasteiger partial charge on any atom is 0.215 e. The molecule has 3 unspecified atom stereocenters. The molecule has 0 amide bonds. The lowest BCUT2D eigenvalue weighted by molar-refractivity contribution is -0.0854. The van der Waals surface area contributed by atoms with E-state index < -0.39 is 11.8 Å². The SMILES string of the molecule is CN(C)c1cc(OCC23CCCN2CC(F)C3)nc2c1COC1(CCCc3ccc(N)c(C#N)c31)C2. The van der Waals surface area contributed by atoms with Gasteiger partial charge in [0, 0.05) is 62.0 Å². The van der Waals surface area contributed by atoms with Crippen LogP contribution in [0.15, 0.2) is 18.2 Å².